The molecule has 52 heavy (non-hydrogen) atoms. The summed E-state index contributed by atoms with van der Waals surface area (Å²) in [5, 5.41) is 11.0. The van der Waals surface area contributed by atoms with Crippen molar-refractivity contribution in [1.29, 1.82) is 0 Å². The minimum Gasteiger partial charge on any atom is -0.393 e. The average Bonchev–Trinajstić information content (AvgIpc) is 3.15. The fourth-order valence-electron chi connectivity index (χ4n) is 8.27. The summed E-state index contributed by atoms with van der Waals surface area (Å²) in [6.07, 6.45) is 59.2. The lowest BCUT2D eigenvalue weighted by atomic mass is 9.93. The first-order valence-corrected chi connectivity index (χ1v) is 25.0. The number of rotatable bonds is 47. The van der Waals surface area contributed by atoms with E-state index in [-0.39, 0.29) is 6.10 Å². The molecule has 0 bridgehead atoms. The van der Waals surface area contributed by atoms with Crippen LogP contribution in [0.15, 0.2) is 0 Å². The number of aliphatic hydroxyl groups excluding tert-OH is 1. The average molecular weight is 735 g/mol. The molecule has 2 unspecified atom stereocenters. The molecule has 0 aliphatic heterocycles. The van der Waals surface area contributed by atoms with Crippen LogP contribution < -0.4 is 0 Å². The summed E-state index contributed by atoms with van der Waals surface area (Å²) >= 11 is 0. The first-order valence-electron chi connectivity index (χ1n) is 25.0. The van der Waals surface area contributed by atoms with Crippen molar-refractivity contribution in [1.82, 2.24) is 0 Å². The molecule has 0 aromatic carbocycles. The van der Waals surface area contributed by atoms with Gasteiger partial charge in [-0.25, -0.2) is 0 Å². The van der Waals surface area contributed by atoms with Gasteiger partial charge in [-0.05, 0) is 31.6 Å². The van der Waals surface area contributed by atoms with Crippen LogP contribution in [0.2, 0.25) is 0 Å². The largest absolute Gasteiger partial charge is 0.393 e. The number of hydrogen-bond donors (Lipinski definition) is 1. The molecule has 0 amide bonds. The van der Waals surface area contributed by atoms with E-state index in [9.17, 15) is 5.11 Å². The third-order valence-electron chi connectivity index (χ3n) is 12.0. The SMILES string of the molecule is CCCCCCCCCCCCCCCCOCC(CCCCCCCCCCCCCCCC)CC(O)CCCCCCCCCCCCCC. The maximum Gasteiger partial charge on any atom is 0.0543 e. The van der Waals surface area contributed by atoms with Crippen molar-refractivity contribution in [2.24, 2.45) is 5.92 Å². The quantitative estimate of drug-likeness (QED) is 0.0631. The smallest absolute Gasteiger partial charge is 0.0543 e. The molecule has 314 valence electrons. The Bertz CT molecular complexity index is 605. The van der Waals surface area contributed by atoms with Crippen molar-refractivity contribution in [3.05, 3.63) is 0 Å². The summed E-state index contributed by atoms with van der Waals surface area (Å²) in [6.45, 7) is 8.70. The van der Waals surface area contributed by atoms with E-state index >= 15 is 0 Å². The van der Waals surface area contributed by atoms with Gasteiger partial charge in [0, 0.05) is 13.2 Å². The number of unbranched alkanes of at least 4 members (excludes halogenated alkanes) is 37. The Morgan fingerprint density at radius 3 is 0.865 bits per heavy atom. The monoisotopic (exact) mass is 735 g/mol. The molecule has 0 aliphatic rings. The van der Waals surface area contributed by atoms with Gasteiger partial charge in [0.15, 0.2) is 0 Å². The molecule has 2 heteroatoms. The van der Waals surface area contributed by atoms with Crippen LogP contribution in [0.4, 0.5) is 0 Å². The van der Waals surface area contributed by atoms with Gasteiger partial charge >= 0.3 is 0 Å². The Labute approximate surface area is 331 Å². The van der Waals surface area contributed by atoms with Gasteiger partial charge in [0.05, 0.1) is 6.10 Å². The lowest BCUT2D eigenvalue weighted by Crippen LogP contribution is -2.18. The third-order valence-corrected chi connectivity index (χ3v) is 12.0. The van der Waals surface area contributed by atoms with Crippen molar-refractivity contribution in [2.75, 3.05) is 13.2 Å². The van der Waals surface area contributed by atoms with E-state index in [1.54, 1.807) is 0 Å². The minimum atomic E-state index is -0.135. The second-order valence-corrected chi connectivity index (χ2v) is 17.5. The Balaban J connectivity index is 4.05. The van der Waals surface area contributed by atoms with Gasteiger partial charge in [0.2, 0.25) is 0 Å². The molecule has 0 aromatic rings. The van der Waals surface area contributed by atoms with E-state index in [1.165, 1.54) is 263 Å². The highest BCUT2D eigenvalue weighted by Gasteiger charge is 2.15. The van der Waals surface area contributed by atoms with Crippen LogP contribution in [0.5, 0.6) is 0 Å². The van der Waals surface area contributed by atoms with E-state index in [0.29, 0.717) is 5.92 Å². The van der Waals surface area contributed by atoms with Crippen LogP contribution in [-0.2, 0) is 4.74 Å². The molecule has 0 saturated carbocycles. The molecular weight excluding hydrogens is 633 g/mol. The van der Waals surface area contributed by atoms with Crippen LogP contribution in [0.1, 0.15) is 297 Å². The van der Waals surface area contributed by atoms with E-state index in [4.69, 9.17) is 4.74 Å². The predicted octanol–water partition coefficient (Wildman–Crippen LogP) is 17.8. The summed E-state index contributed by atoms with van der Waals surface area (Å²) in [5.74, 6) is 0.538. The topological polar surface area (TPSA) is 29.5 Å². The highest BCUT2D eigenvalue weighted by Crippen LogP contribution is 2.22. The molecule has 0 radical (unpaired) electrons. The molecule has 0 heterocycles. The van der Waals surface area contributed by atoms with Crippen molar-refractivity contribution >= 4 is 0 Å². The number of hydrogen-bond acceptors (Lipinski definition) is 2. The maximum atomic E-state index is 11.0. The van der Waals surface area contributed by atoms with Crippen LogP contribution >= 0.6 is 0 Å². The molecule has 2 atom stereocenters. The molecule has 0 saturated heterocycles. The van der Waals surface area contributed by atoms with E-state index in [0.717, 1.165) is 26.1 Å². The van der Waals surface area contributed by atoms with Crippen LogP contribution in [-0.4, -0.2) is 24.4 Å². The second kappa shape index (κ2) is 47.1. The van der Waals surface area contributed by atoms with Gasteiger partial charge in [-0.1, -0.05) is 271 Å². The van der Waals surface area contributed by atoms with Gasteiger partial charge < -0.3 is 9.84 Å². The molecule has 0 fully saturated rings. The zero-order valence-corrected chi connectivity index (χ0v) is 36.8. The Morgan fingerprint density at radius 2 is 0.558 bits per heavy atom. The fourth-order valence-corrected chi connectivity index (χ4v) is 8.27. The van der Waals surface area contributed by atoms with Crippen LogP contribution in [0.25, 0.3) is 0 Å². The normalized spacial score (nSPS) is 12.9. The second-order valence-electron chi connectivity index (χ2n) is 17.5. The van der Waals surface area contributed by atoms with E-state index in [1.807, 2.05) is 0 Å². The molecule has 0 rings (SSSR count). The standard InChI is InChI=1S/C50H102O2/c1-4-7-10-13-16-19-22-25-27-29-32-35-38-41-44-49(47-50(51)45-42-39-36-33-30-24-21-18-15-12-9-6-3)48-52-46-43-40-37-34-31-28-26-23-20-17-14-11-8-5-2/h49-51H,4-48H2,1-3H3. The van der Waals surface area contributed by atoms with Crippen molar-refractivity contribution in [2.45, 2.75) is 303 Å². The predicted molar refractivity (Wildman–Crippen MR) is 236 cm³/mol. The Morgan fingerprint density at radius 1 is 0.308 bits per heavy atom. The number of ether oxygens (including phenoxy) is 1. The molecular formula is C50H102O2. The van der Waals surface area contributed by atoms with Crippen molar-refractivity contribution in [3.8, 4) is 0 Å². The van der Waals surface area contributed by atoms with E-state index in [2.05, 4.69) is 20.8 Å². The summed E-state index contributed by atoms with van der Waals surface area (Å²) in [4.78, 5) is 0. The summed E-state index contributed by atoms with van der Waals surface area (Å²) < 4.78 is 6.28. The fraction of sp³-hybridized carbons (Fsp3) is 1.00. The van der Waals surface area contributed by atoms with Crippen LogP contribution in [0, 0.1) is 5.92 Å². The van der Waals surface area contributed by atoms with Crippen LogP contribution in [0.3, 0.4) is 0 Å². The van der Waals surface area contributed by atoms with Gasteiger partial charge in [0.25, 0.3) is 0 Å². The first-order chi connectivity index (χ1) is 25.7. The van der Waals surface area contributed by atoms with Gasteiger partial charge in [0.1, 0.15) is 0 Å². The summed E-state index contributed by atoms with van der Waals surface area (Å²) in [7, 11) is 0. The summed E-state index contributed by atoms with van der Waals surface area (Å²) in [5.41, 5.74) is 0. The number of aliphatic hydroxyl groups is 1. The summed E-state index contributed by atoms with van der Waals surface area (Å²) in [6, 6.07) is 0. The maximum absolute atomic E-state index is 11.0. The molecule has 0 spiro atoms. The zero-order chi connectivity index (χ0) is 37.7. The van der Waals surface area contributed by atoms with Gasteiger partial charge in [-0.15, -0.1) is 0 Å². The van der Waals surface area contributed by atoms with Gasteiger partial charge in [-0.3, -0.25) is 0 Å². The zero-order valence-electron chi connectivity index (χ0n) is 36.8. The van der Waals surface area contributed by atoms with Crippen molar-refractivity contribution in [3.63, 3.8) is 0 Å². The lowest BCUT2D eigenvalue weighted by molar-refractivity contribution is 0.0581. The molecule has 0 aliphatic carbocycles. The highest BCUT2D eigenvalue weighted by molar-refractivity contribution is 4.67. The molecule has 2 nitrogen and oxygen atoms in total. The lowest BCUT2D eigenvalue weighted by Gasteiger charge is -2.21. The van der Waals surface area contributed by atoms with Gasteiger partial charge in [-0.2, -0.15) is 0 Å². The first kappa shape index (κ1) is 51.9. The minimum absolute atomic E-state index is 0.135. The molecule has 1 N–H and O–H groups in total. The highest BCUT2D eigenvalue weighted by atomic mass is 16.5. The van der Waals surface area contributed by atoms with Crippen molar-refractivity contribution < 1.29 is 9.84 Å². The Kier molecular flexibility index (Phi) is 47.0. The molecule has 0 aromatic heterocycles. The van der Waals surface area contributed by atoms with E-state index < -0.39 is 0 Å². The Hall–Kier alpha value is -0.0800. The third kappa shape index (κ3) is 44.3.